The zero-order valence-corrected chi connectivity index (χ0v) is 15.9. The van der Waals surface area contributed by atoms with Gasteiger partial charge in [0.25, 0.3) is 0 Å². The normalized spacial score (nSPS) is 20.6. The highest BCUT2D eigenvalue weighted by molar-refractivity contribution is 6.06. The number of rotatable bonds is 9. The summed E-state index contributed by atoms with van der Waals surface area (Å²) in [4.78, 5) is 25.2. The minimum Gasteiger partial charge on any atom is -0.468 e. The van der Waals surface area contributed by atoms with Crippen molar-refractivity contribution in [2.24, 2.45) is 10.8 Å². The lowest BCUT2D eigenvalue weighted by molar-refractivity contribution is -0.163. The molecule has 140 valence electrons. The van der Waals surface area contributed by atoms with Crippen molar-refractivity contribution in [2.45, 2.75) is 39.0 Å². The molecule has 0 amide bonds. The number of carbonyl (C=O) groups excluding carboxylic acids is 2. The number of allylic oxidation sites excluding steroid dienone is 3. The van der Waals surface area contributed by atoms with Crippen molar-refractivity contribution in [1.82, 2.24) is 0 Å². The Bertz CT molecular complexity index is 673. The van der Waals surface area contributed by atoms with E-state index in [4.69, 9.17) is 9.47 Å². The van der Waals surface area contributed by atoms with E-state index in [1.165, 1.54) is 14.2 Å². The fourth-order valence-electron chi connectivity index (χ4n) is 3.74. The van der Waals surface area contributed by atoms with Crippen LogP contribution in [0.1, 0.15) is 38.2 Å². The molecule has 1 aromatic rings. The van der Waals surface area contributed by atoms with E-state index in [1.807, 2.05) is 36.4 Å². The molecule has 2 rings (SSSR count). The summed E-state index contributed by atoms with van der Waals surface area (Å²) in [5.41, 5.74) is -0.214. The van der Waals surface area contributed by atoms with Gasteiger partial charge in [-0.2, -0.15) is 0 Å². The molecule has 0 N–H and O–H groups in total. The molecule has 1 fully saturated rings. The van der Waals surface area contributed by atoms with Gasteiger partial charge in [-0.1, -0.05) is 68.8 Å². The summed E-state index contributed by atoms with van der Waals surface area (Å²) in [6, 6.07) is 9.82. The second-order valence-electron chi connectivity index (χ2n) is 6.88. The molecule has 26 heavy (non-hydrogen) atoms. The van der Waals surface area contributed by atoms with Crippen LogP contribution in [0.15, 0.2) is 54.6 Å². The zero-order chi connectivity index (χ0) is 19.2. The molecule has 0 aromatic heterocycles. The molecule has 1 aliphatic carbocycles. The van der Waals surface area contributed by atoms with Crippen molar-refractivity contribution in [3.05, 3.63) is 60.2 Å². The first-order valence-electron chi connectivity index (χ1n) is 9.05. The Balaban J connectivity index is 2.40. The molecule has 1 unspecified atom stereocenters. The summed E-state index contributed by atoms with van der Waals surface area (Å²) in [5.74, 6) is -1.10. The first-order chi connectivity index (χ1) is 12.5. The van der Waals surface area contributed by atoms with Crippen molar-refractivity contribution in [2.75, 3.05) is 14.2 Å². The van der Waals surface area contributed by atoms with Gasteiger partial charge in [0.1, 0.15) is 0 Å². The van der Waals surface area contributed by atoms with Crippen LogP contribution in [0.5, 0.6) is 0 Å². The number of esters is 2. The van der Waals surface area contributed by atoms with Crippen LogP contribution in [0.2, 0.25) is 0 Å². The monoisotopic (exact) mass is 356 g/mol. The lowest BCUT2D eigenvalue weighted by atomic mass is 9.80. The summed E-state index contributed by atoms with van der Waals surface area (Å²) < 4.78 is 9.96. The van der Waals surface area contributed by atoms with Gasteiger partial charge in [-0.05, 0) is 30.4 Å². The van der Waals surface area contributed by atoms with Gasteiger partial charge in [0.15, 0.2) is 5.41 Å². The molecule has 4 nitrogen and oxygen atoms in total. The van der Waals surface area contributed by atoms with Crippen LogP contribution in [-0.4, -0.2) is 26.2 Å². The van der Waals surface area contributed by atoms with Gasteiger partial charge >= 0.3 is 11.9 Å². The summed E-state index contributed by atoms with van der Waals surface area (Å²) in [6.07, 6.45) is 8.05. The van der Waals surface area contributed by atoms with Gasteiger partial charge in [0.2, 0.25) is 0 Å². The summed E-state index contributed by atoms with van der Waals surface area (Å²) in [7, 11) is 2.61. The largest absolute Gasteiger partial charge is 0.468 e. The molecular formula is C22H28O4. The number of ether oxygens (including phenoxy) is 2. The fraction of sp³-hybridized carbons (Fsp3) is 0.455. The maximum atomic E-state index is 12.6. The third-order valence-electron chi connectivity index (χ3n) is 5.33. The van der Waals surface area contributed by atoms with Crippen molar-refractivity contribution in [1.29, 1.82) is 0 Å². The Morgan fingerprint density at radius 3 is 2.31 bits per heavy atom. The van der Waals surface area contributed by atoms with Crippen LogP contribution in [0.25, 0.3) is 0 Å². The first kappa shape index (κ1) is 20.0. The predicted octanol–water partition coefficient (Wildman–Crippen LogP) is 4.25. The fourth-order valence-corrected chi connectivity index (χ4v) is 3.74. The second-order valence-corrected chi connectivity index (χ2v) is 6.88. The zero-order valence-electron chi connectivity index (χ0n) is 15.9. The predicted molar refractivity (Wildman–Crippen MR) is 101 cm³/mol. The number of carbonyl (C=O) groups is 2. The average Bonchev–Trinajstić information content (AvgIpc) is 3.35. The maximum Gasteiger partial charge on any atom is 0.324 e. The topological polar surface area (TPSA) is 52.6 Å². The minimum atomic E-state index is -1.32. The number of hydrogen-bond donors (Lipinski definition) is 0. The number of benzene rings is 1. The summed E-state index contributed by atoms with van der Waals surface area (Å²) in [5, 5.41) is 0. The number of methoxy groups -OCH3 is 2. The minimum absolute atomic E-state index is 0.352. The van der Waals surface area contributed by atoms with Crippen LogP contribution >= 0.6 is 0 Å². The van der Waals surface area contributed by atoms with Crippen molar-refractivity contribution < 1.29 is 19.1 Å². The van der Waals surface area contributed by atoms with Gasteiger partial charge in [0.05, 0.1) is 14.2 Å². The second kappa shape index (κ2) is 8.35. The van der Waals surface area contributed by atoms with Crippen LogP contribution < -0.4 is 0 Å². The molecule has 1 aliphatic rings. The van der Waals surface area contributed by atoms with Crippen LogP contribution in [0.3, 0.4) is 0 Å². The standard InChI is InChI=1S/C22H28O4/c1-5-6-7-9-12-17(2)21(15-18-13-10-8-11-14-18)16-22(21,19(23)25-3)20(24)26-4/h8-14H,2,5-7,15-16H2,1,3-4H3/b12-9-. The maximum absolute atomic E-state index is 12.6. The van der Waals surface area contributed by atoms with Crippen LogP contribution in [-0.2, 0) is 25.5 Å². The Kier molecular flexibility index (Phi) is 6.41. The van der Waals surface area contributed by atoms with E-state index in [0.29, 0.717) is 12.8 Å². The Labute approximate surface area is 155 Å². The van der Waals surface area contributed by atoms with E-state index in [9.17, 15) is 9.59 Å². The Morgan fingerprint density at radius 1 is 1.15 bits per heavy atom. The first-order valence-corrected chi connectivity index (χ1v) is 9.05. The van der Waals surface area contributed by atoms with E-state index >= 15 is 0 Å². The molecule has 1 aromatic carbocycles. The lowest BCUT2D eigenvalue weighted by Crippen LogP contribution is -2.35. The Morgan fingerprint density at radius 2 is 1.77 bits per heavy atom. The van der Waals surface area contributed by atoms with Gasteiger partial charge < -0.3 is 9.47 Å². The SMILES string of the molecule is C=C(/C=C\CCCC)C1(Cc2ccccc2)CC1(C(=O)OC)C(=O)OC. The van der Waals surface area contributed by atoms with E-state index in [1.54, 1.807) is 0 Å². The average molecular weight is 356 g/mol. The van der Waals surface area contributed by atoms with Crippen molar-refractivity contribution in [3.63, 3.8) is 0 Å². The third-order valence-corrected chi connectivity index (χ3v) is 5.33. The number of hydrogen-bond acceptors (Lipinski definition) is 4. The lowest BCUT2D eigenvalue weighted by Gasteiger charge is -2.23. The van der Waals surface area contributed by atoms with E-state index in [0.717, 1.165) is 30.4 Å². The van der Waals surface area contributed by atoms with E-state index < -0.39 is 22.8 Å². The van der Waals surface area contributed by atoms with Crippen molar-refractivity contribution in [3.8, 4) is 0 Å². The number of unbranched alkanes of at least 4 members (excludes halogenated alkanes) is 2. The van der Waals surface area contributed by atoms with E-state index in [-0.39, 0.29) is 0 Å². The quantitative estimate of drug-likeness (QED) is 0.287. The smallest absolute Gasteiger partial charge is 0.324 e. The summed E-state index contributed by atoms with van der Waals surface area (Å²) in [6.45, 7) is 6.35. The van der Waals surface area contributed by atoms with E-state index in [2.05, 4.69) is 19.6 Å². The highest BCUT2D eigenvalue weighted by Crippen LogP contribution is 2.70. The summed E-state index contributed by atoms with van der Waals surface area (Å²) >= 11 is 0. The van der Waals surface area contributed by atoms with Crippen LogP contribution in [0.4, 0.5) is 0 Å². The van der Waals surface area contributed by atoms with Gasteiger partial charge in [0, 0.05) is 5.41 Å². The molecular weight excluding hydrogens is 328 g/mol. The van der Waals surface area contributed by atoms with Crippen molar-refractivity contribution >= 4 is 11.9 Å². The highest BCUT2D eigenvalue weighted by Gasteiger charge is 2.78. The Hall–Kier alpha value is -2.36. The van der Waals surface area contributed by atoms with Crippen LogP contribution in [0, 0.1) is 10.8 Å². The molecule has 0 bridgehead atoms. The molecule has 0 radical (unpaired) electrons. The third kappa shape index (κ3) is 3.46. The molecule has 1 atom stereocenters. The van der Waals surface area contributed by atoms with Gasteiger partial charge in [-0.15, -0.1) is 0 Å². The molecule has 4 heteroatoms. The molecule has 0 saturated heterocycles. The molecule has 0 heterocycles. The van der Waals surface area contributed by atoms with Gasteiger partial charge in [-0.3, -0.25) is 9.59 Å². The van der Waals surface area contributed by atoms with Gasteiger partial charge in [-0.25, -0.2) is 0 Å². The highest BCUT2D eigenvalue weighted by atomic mass is 16.5. The molecule has 0 aliphatic heterocycles. The molecule has 0 spiro atoms. The molecule has 1 saturated carbocycles.